The van der Waals surface area contributed by atoms with Crippen molar-refractivity contribution < 1.29 is 14.6 Å². The first-order valence-corrected chi connectivity index (χ1v) is 17.1. The highest BCUT2D eigenvalue weighted by atomic mass is 16.5. The molecule has 0 atom stereocenters. The number of imidazole rings is 1. The minimum absolute atomic E-state index is 0.121. The molecule has 3 aliphatic rings. The second-order valence-electron chi connectivity index (χ2n) is 13.8. The van der Waals surface area contributed by atoms with Gasteiger partial charge < -0.3 is 24.2 Å². The molecule has 1 aliphatic carbocycles. The molecule has 1 amide bonds. The third kappa shape index (κ3) is 6.72. The molecule has 7 rings (SSSR count). The maximum absolute atomic E-state index is 13.8. The fraction of sp³-hybridized carbons (Fsp3) is 0.486. The number of anilines is 2. The lowest BCUT2D eigenvalue weighted by molar-refractivity contribution is 0.0106. The minimum atomic E-state index is -0.665. The highest BCUT2D eigenvalue weighted by Crippen LogP contribution is 2.39. The number of ether oxygens (including phenoxy) is 1. The molecule has 2 aromatic heterocycles. The van der Waals surface area contributed by atoms with Gasteiger partial charge in [-0.05, 0) is 95.0 Å². The molecule has 3 fully saturated rings. The smallest absolute Gasteiger partial charge is 0.258 e. The fourth-order valence-electron chi connectivity index (χ4n) is 7.64. The number of aliphatic hydroxyl groups is 1. The number of likely N-dealkylation sites (N-methyl/N-ethyl adjacent to an activating group) is 1. The number of piperazine rings is 1. The van der Waals surface area contributed by atoms with E-state index in [0.29, 0.717) is 41.8 Å². The number of aromatic nitrogens is 3. The topological polar surface area (TPSA) is 99.0 Å². The average molecular weight is 638 g/mol. The van der Waals surface area contributed by atoms with E-state index in [1.54, 1.807) is 25.4 Å². The number of hydrogen-bond acceptors (Lipinski definition) is 8. The van der Waals surface area contributed by atoms with Crippen molar-refractivity contribution in [1.82, 2.24) is 24.3 Å². The number of methoxy groups -OCH3 is 1. The van der Waals surface area contributed by atoms with Crippen LogP contribution in [0.2, 0.25) is 0 Å². The molecule has 0 bridgehead atoms. The first kappa shape index (κ1) is 31.6. The SMILES string of the molecule is COc1ccccc1-c1cc(C(=O)Nc2nc3ccc(N4CCC(N5CCN(C)CC5)CC4)cc3n2[C@H]2CC[C@@](C)(O)CC2)ccn1. The summed E-state index contributed by atoms with van der Waals surface area (Å²) in [7, 11) is 3.85. The molecule has 1 saturated carbocycles. The van der Waals surface area contributed by atoms with Crippen molar-refractivity contribution in [3.05, 3.63) is 66.4 Å². The molecule has 10 nitrogen and oxygen atoms in total. The second-order valence-corrected chi connectivity index (χ2v) is 13.8. The Morgan fingerprint density at radius 3 is 2.43 bits per heavy atom. The lowest BCUT2D eigenvalue weighted by atomic mass is 9.83. The Kier molecular flexibility index (Phi) is 8.91. The van der Waals surface area contributed by atoms with Gasteiger partial charge in [-0.15, -0.1) is 0 Å². The number of para-hydroxylation sites is 1. The van der Waals surface area contributed by atoms with Crippen LogP contribution in [0.3, 0.4) is 0 Å². The number of nitrogens with zero attached hydrogens (tertiary/aromatic N) is 6. The Morgan fingerprint density at radius 1 is 0.936 bits per heavy atom. The summed E-state index contributed by atoms with van der Waals surface area (Å²) in [4.78, 5) is 30.9. The Morgan fingerprint density at radius 2 is 1.68 bits per heavy atom. The van der Waals surface area contributed by atoms with E-state index in [2.05, 4.69) is 54.8 Å². The van der Waals surface area contributed by atoms with Gasteiger partial charge >= 0.3 is 0 Å². The van der Waals surface area contributed by atoms with Crippen LogP contribution in [-0.2, 0) is 0 Å². The zero-order valence-corrected chi connectivity index (χ0v) is 27.9. The molecule has 2 N–H and O–H groups in total. The summed E-state index contributed by atoms with van der Waals surface area (Å²) in [5.74, 6) is 0.999. The highest BCUT2D eigenvalue weighted by Gasteiger charge is 2.32. The zero-order chi connectivity index (χ0) is 32.5. The van der Waals surface area contributed by atoms with Gasteiger partial charge in [0.25, 0.3) is 5.91 Å². The van der Waals surface area contributed by atoms with Gasteiger partial charge in [0.2, 0.25) is 5.95 Å². The number of carbonyl (C=O) groups excluding carboxylic acids is 1. The summed E-state index contributed by atoms with van der Waals surface area (Å²) in [6.07, 6.45) is 7.03. The molecular formula is C37H47N7O3. The van der Waals surface area contributed by atoms with Crippen molar-refractivity contribution >= 4 is 28.6 Å². The molecular weight excluding hydrogens is 590 g/mol. The number of pyridine rings is 1. The standard InChI is InChI=1S/C37H47N7O3/c1-37(46)15-10-28(11-16-37)44-33-25-29(42-18-13-27(14-19-42)43-22-20-41(2)21-23-43)8-9-31(33)39-36(44)40-35(45)26-12-17-38-32(24-26)30-6-4-5-7-34(30)47-3/h4-9,12,17,24-25,27-28,46H,10-11,13-16,18-23H2,1-3H3,(H,39,40,45)/t28-,37+. The van der Waals surface area contributed by atoms with Crippen LogP contribution in [-0.4, -0.2) is 100 Å². The van der Waals surface area contributed by atoms with Gasteiger partial charge in [-0.2, -0.15) is 0 Å². The van der Waals surface area contributed by atoms with E-state index < -0.39 is 5.60 Å². The number of piperidine rings is 1. The Bertz CT molecular complexity index is 1710. The first-order chi connectivity index (χ1) is 22.8. The number of benzene rings is 2. The van der Waals surface area contributed by atoms with Gasteiger partial charge in [0.05, 0.1) is 29.4 Å². The lowest BCUT2D eigenvalue weighted by Gasteiger charge is -2.42. The molecule has 10 heteroatoms. The Hall–Kier alpha value is -3.99. The largest absolute Gasteiger partial charge is 0.496 e. The summed E-state index contributed by atoms with van der Waals surface area (Å²) in [6, 6.07) is 18.5. The van der Waals surface area contributed by atoms with Gasteiger partial charge in [0.1, 0.15) is 5.75 Å². The lowest BCUT2D eigenvalue weighted by Crippen LogP contribution is -2.52. The van der Waals surface area contributed by atoms with E-state index >= 15 is 0 Å². The van der Waals surface area contributed by atoms with E-state index in [4.69, 9.17) is 9.72 Å². The maximum Gasteiger partial charge on any atom is 0.258 e. The van der Waals surface area contributed by atoms with Gasteiger partial charge in [-0.3, -0.25) is 20.0 Å². The third-order valence-electron chi connectivity index (χ3n) is 10.6. The predicted octanol–water partition coefficient (Wildman–Crippen LogP) is 5.44. The number of nitrogens with one attached hydrogen (secondary N) is 1. The quantitative estimate of drug-likeness (QED) is 0.277. The summed E-state index contributed by atoms with van der Waals surface area (Å²) < 4.78 is 7.75. The zero-order valence-electron chi connectivity index (χ0n) is 27.9. The molecule has 4 aromatic rings. The van der Waals surface area contributed by atoms with Gasteiger partial charge in [-0.25, -0.2) is 4.98 Å². The van der Waals surface area contributed by atoms with Crippen molar-refractivity contribution in [1.29, 1.82) is 0 Å². The van der Waals surface area contributed by atoms with Crippen LogP contribution in [0.1, 0.15) is 61.8 Å². The van der Waals surface area contributed by atoms with E-state index in [0.717, 1.165) is 68.7 Å². The maximum atomic E-state index is 13.8. The minimum Gasteiger partial charge on any atom is -0.496 e. The van der Waals surface area contributed by atoms with Crippen molar-refractivity contribution in [2.24, 2.45) is 0 Å². The van der Waals surface area contributed by atoms with Crippen LogP contribution in [0.5, 0.6) is 5.75 Å². The van der Waals surface area contributed by atoms with Crippen molar-refractivity contribution in [3.63, 3.8) is 0 Å². The molecule has 2 saturated heterocycles. The van der Waals surface area contributed by atoms with Crippen LogP contribution < -0.4 is 15.0 Å². The van der Waals surface area contributed by atoms with Gasteiger partial charge in [-0.1, -0.05) is 12.1 Å². The van der Waals surface area contributed by atoms with Crippen molar-refractivity contribution in [2.45, 2.75) is 63.1 Å². The van der Waals surface area contributed by atoms with Crippen molar-refractivity contribution in [3.8, 4) is 17.0 Å². The van der Waals surface area contributed by atoms with Crippen LogP contribution in [0.4, 0.5) is 11.6 Å². The van der Waals surface area contributed by atoms with Gasteiger partial charge in [0, 0.05) is 74.4 Å². The summed E-state index contributed by atoms with van der Waals surface area (Å²) in [6.45, 7) is 8.62. The number of hydrogen-bond donors (Lipinski definition) is 2. The molecule has 47 heavy (non-hydrogen) atoms. The van der Waals surface area contributed by atoms with Crippen LogP contribution in [0.15, 0.2) is 60.8 Å². The molecule has 0 unspecified atom stereocenters. The third-order valence-corrected chi connectivity index (χ3v) is 10.6. The van der Waals surface area contributed by atoms with E-state index in [1.807, 2.05) is 31.2 Å². The second kappa shape index (κ2) is 13.3. The summed E-state index contributed by atoms with van der Waals surface area (Å²) in [5, 5.41) is 13.9. The Balaban J connectivity index is 1.15. The van der Waals surface area contributed by atoms with E-state index in [9.17, 15) is 9.90 Å². The molecule has 2 aliphatic heterocycles. The van der Waals surface area contributed by atoms with Crippen LogP contribution in [0.25, 0.3) is 22.3 Å². The Labute approximate surface area is 277 Å². The number of carbonyl (C=O) groups is 1. The molecule has 248 valence electrons. The molecule has 0 radical (unpaired) electrons. The van der Waals surface area contributed by atoms with E-state index in [-0.39, 0.29) is 11.9 Å². The van der Waals surface area contributed by atoms with Crippen LogP contribution in [0, 0.1) is 0 Å². The summed E-state index contributed by atoms with van der Waals surface area (Å²) >= 11 is 0. The average Bonchev–Trinajstić information content (AvgIpc) is 3.45. The monoisotopic (exact) mass is 637 g/mol. The van der Waals surface area contributed by atoms with Crippen LogP contribution >= 0.6 is 0 Å². The molecule has 0 spiro atoms. The molecule has 4 heterocycles. The number of fused-ring (bicyclic) bond motifs is 1. The predicted molar refractivity (Wildman–Crippen MR) is 186 cm³/mol. The highest BCUT2D eigenvalue weighted by molar-refractivity contribution is 6.04. The fourth-order valence-corrected chi connectivity index (χ4v) is 7.64. The number of rotatable bonds is 7. The van der Waals surface area contributed by atoms with Crippen molar-refractivity contribution in [2.75, 3.05) is 63.6 Å². The molecule has 2 aromatic carbocycles. The first-order valence-electron chi connectivity index (χ1n) is 17.1. The van der Waals surface area contributed by atoms with Gasteiger partial charge in [0.15, 0.2) is 0 Å². The summed E-state index contributed by atoms with van der Waals surface area (Å²) in [5.41, 5.74) is 4.40. The number of amides is 1. The van der Waals surface area contributed by atoms with E-state index in [1.165, 1.54) is 18.5 Å². The normalized spacial score (nSPS) is 23.2.